The summed E-state index contributed by atoms with van der Waals surface area (Å²) >= 11 is 3.27. The van der Waals surface area contributed by atoms with Crippen LogP contribution < -0.4 is 0 Å². The topological polar surface area (TPSA) is 37.4 Å². The van der Waals surface area contributed by atoms with Crippen LogP contribution >= 0.6 is 15.9 Å². The maximum absolute atomic E-state index is 11.9. The Morgan fingerprint density at radius 1 is 1.31 bits per heavy atom. The van der Waals surface area contributed by atoms with E-state index in [1.54, 1.807) is 18.2 Å². The van der Waals surface area contributed by atoms with Gasteiger partial charge in [-0.25, -0.2) is 8.42 Å². The first-order valence-corrected chi connectivity index (χ1v) is 7.49. The van der Waals surface area contributed by atoms with Crippen LogP contribution in [0.2, 0.25) is 0 Å². The molecule has 0 unspecified atom stereocenters. The van der Waals surface area contributed by atoms with Gasteiger partial charge in [0.25, 0.3) is 0 Å². The molecule has 0 aliphatic carbocycles. The van der Waals surface area contributed by atoms with Crippen molar-refractivity contribution < 1.29 is 8.42 Å². The fourth-order valence-electron chi connectivity index (χ4n) is 1.35. The zero-order valence-electron chi connectivity index (χ0n) is 9.48. The van der Waals surface area contributed by atoms with Crippen LogP contribution in [-0.4, -0.2) is 39.7 Å². The minimum absolute atomic E-state index is 0.196. The van der Waals surface area contributed by atoms with E-state index in [4.69, 9.17) is 0 Å². The molecule has 0 aromatic heterocycles. The first-order chi connectivity index (χ1) is 7.42. The van der Waals surface area contributed by atoms with E-state index in [9.17, 15) is 8.42 Å². The van der Waals surface area contributed by atoms with Crippen LogP contribution in [0.1, 0.15) is 6.42 Å². The Morgan fingerprint density at radius 3 is 2.56 bits per heavy atom. The van der Waals surface area contributed by atoms with Crippen molar-refractivity contribution in [2.24, 2.45) is 0 Å². The summed E-state index contributed by atoms with van der Waals surface area (Å²) in [5.74, 6) is 0.196. The van der Waals surface area contributed by atoms with Crippen molar-refractivity contribution in [3.8, 4) is 0 Å². The van der Waals surface area contributed by atoms with Crippen molar-refractivity contribution in [2.75, 3.05) is 26.4 Å². The van der Waals surface area contributed by atoms with Gasteiger partial charge in [0, 0.05) is 4.47 Å². The molecule has 16 heavy (non-hydrogen) atoms. The van der Waals surface area contributed by atoms with Gasteiger partial charge in [-0.05, 0) is 45.3 Å². The monoisotopic (exact) mass is 305 g/mol. The van der Waals surface area contributed by atoms with E-state index in [1.807, 2.05) is 25.1 Å². The highest BCUT2D eigenvalue weighted by Crippen LogP contribution is 2.17. The zero-order chi connectivity index (χ0) is 12.2. The third-order valence-electron chi connectivity index (χ3n) is 2.17. The van der Waals surface area contributed by atoms with Crippen LogP contribution in [0.5, 0.6) is 0 Å². The number of hydrogen-bond acceptors (Lipinski definition) is 3. The number of sulfone groups is 1. The van der Waals surface area contributed by atoms with Gasteiger partial charge in [0.1, 0.15) is 0 Å². The minimum Gasteiger partial charge on any atom is -0.309 e. The Balaban J connectivity index is 2.71. The lowest BCUT2D eigenvalue weighted by Crippen LogP contribution is -2.17. The summed E-state index contributed by atoms with van der Waals surface area (Å²) < 4.78 is 24.6. The standard InChI is InChI=1S/C11H16BrNO2S/c1-13(2)7-4-8-16(14,15)11-6-3-5-10(12)9-11/h3,5-6,9H,4,7-8H2,1-2H3. The maximum atomic E-state index is 11.9. The van der Waals surface area contributed by atoms with Crippen molar-refractivity contribution in [1.82, 2.24) is 4.90 Å². The lowest BCUT2D eigenvalue weighted by molar-refractivity contribution is 0.408. The number of rotatable bonds is 5. The summed E-state index contributed by atoms with van der Waals surface area (Å²) in [6, 6.07) is 6.84. The molecule has 5 heteroatoms. The third kappa shape index (κ3) is 4.23. The number of nitrogens with zero attached hydrogens (tertiary/aromatic N) is 1. The van der Waals surface area contributed by atoms with Gasteiger partial charge in [-0.1, -0.05) is 22.0 Å². The van der Waals surface area contributed by atoms with Gasteiger partial charge in [-0.3, -0.25) is 0 Å². The molecule has 0 heterocycles. The van der Waals surface area contributed by atoms with E-state index >= 15 is 0 Å². The summed E-state index contributed by atoms with van der Waals surface area (Å²) in [7, 11) is 0.737. The molecule has 3 nitrogen and oxygen atoms in total. The quantitative estimate of drug-likeness (QED) is 0.837. The SMILES string of the molecule is CN(C)CCCS(=O)(=O)c1cccc(Br)c1. The Kier molecular flexibility index (Phi) is 4.95. The maximum Gasteiger partial charge on any atom is 0.178 e. The molecule has 1 aromatic carbocycles. The van der Waals surface area contributed by atoms with Crippen molar-refractivity contribution in [3.63, 3.8) is 0 Å². The lowest BCUT2D eigenvalue weighted by atomic mass is 10.4. The molecule has 0 saturated carbocycles. The van der Waals surface area contributed by atoms with E-state index in [-0.39, 0.29) is 5.75 Å². The molecule has 90 valence electrons. The first kappa shape index (κ1) is 13.7. The smallest absolute Gasteiger partial charge is 0.178 e. The minimum atomic E-state index is -3.14. The molecule has 0 aliphatic rings. The average molecular weight is 306 g/mol. The van der Waals surface area contributed by atoms with E-state index in [1.165, 1.54) is 0 Å². The Hall–Kier alpha value is -0.390. The molecule has 0 N–H and O–H groups in total. The fourth-order valence-corrected chi connectivity index (χ4v) is 3.24. The predicted octanol–water partition coefficient (Wildman–Crippen LogP) is 2.17. The van der Waals surface area contributed by atoms with Gasteiger partial charge >= 0.3 is 0 Å². The predicted molar refractivity (Wildman–Crippen MR) is 69.4 cm³/mol. The van der Waals surface area contributed by atoms with Crippen molar-refractivity contribution in [1.29, 1.82) is 0 Å². The van der Waals surface area contributed by atoms with Crippen molar-refractivity contribution in [2.45, 2.75) is 11.3 Å². The van der Waals surface area contributed by atoms with Crippen LogP contribution in [0, 0.1) is 0 Å². The Morgan fingerprint density at radius 2 is 2.00 bits per heavy atom. The summed E-state index contributed by atoms with van der Waals surface area (Å²) in [6.45, 7) is 0.785. The Bertz CT molecular complexity index is 443. The number of halogens is 1. The highest BCUT2D eigenvalue weighted by Gasteiger charge is 2.13. The molecule has 0 saturated heterocycles. The van der Waals surface area contributed by atoms with E-state index in [2.05, 4.69) is 15.9 Å². The van der Waals surface area contributed by atoms with Crippen LogP contribution in [0.15, 0.2) is 33.6 Å². The summed E-state index contributed by atoms with van der Waals surface area (Å²) in [5, 5.41) is 0. The second-order valence-electron chi connectivity index (χ2n) is 3.93. The van der Waals surface area contributed by atoms with Gasteiger partial charge in [-0.15, -0.1) is 0 Å². The molecule has 0 fully saturated rings. The summed E-state index contributed by atoms with van der Waals surface area (Å²) in [5.41, 5.74) is 0. The van der Waals surface area contributed by atoms with Crippen molar-refractivity contribution >= 4 is 25.8 Å². The molecule has 0 radical (unpaired) electrons. The van der Waals surface area contributed by atoms with Gasteiger partial charge in [-0.2, -0.15) is 0 Å². The number of hydrogen-bond donors (Lipinski definition) is 0. The molecular weight excluding hydrogens is 290 g/mol. The molecular formula is C11H16BrNO2S. The van der Waals surface area contributed by atoms with Crippen molar-refractivity contribution in [3.05, 3.63) is 28.7 Å². The normalized spacial score (nSPS) is 12.0. The summed E-state index contributed by atoms with van der Waals surface area (Å²) in [4.78, 5) is 2.37. The van der Waals surface area contributed by atoms with Crippen LogP contribution in [0.4, 0.5) is 0 Å². The van der Waals surface area contributed by atoms with Crippen LogP contribution in [0.25, 0.3) is 0 Å². The molecule has 0 atom stereocenters. The second kappa shape index (κ2) is 5.80. The largest absolute Gasteiger partial charge is 0.309 e. The Labute approximate surface area is 106 Å². The molecule has 0 amide bonds. The van der Waals surface area contributed by atoms with Gasteiger partial charge < -0.3 is 4.90 Å². The highest BCUT2D eigenvalue weighted by atomic mass is 79.9. The van der Waals surface area contributed by atoms with Gasteiger partial charge in [0.15, 0.2) is 9.84 Å². The van der Waals surface area contributed by atoms with Crippen LogP contribution in [0.3, 0.4) is 0 Å². The summed E-state index contributed by atoms with van der Waals surface area (Å²) in [6.07, 6.45) is 0.655. The van der Waals surface area contributed by atoms with E-state index in [0.29, 0.717) is 11.3 Å². The zero-order valence-corrected chi connectivity index (χ0v) is 11.9. The van der Waals surface area contributed by atoms with Gasteiger partial charge in [0.05, 0.1) is 10.6 Å². The first-order valence-electron chi connectivity index (χ1n) is 5.05. The fraction of sp³-hybridized carbons (Fsp3) is 0.455. The molecule has 0 aliphatic heterocycles. The van der Waals surface area contributed by atoms with Gasteiger partial charge in [0.2, 0.25) is 0 Å². The molecule has 1 rings (SSSR count). The molecule has 0 bridgehead atoms. The lowest BCUT2D eigenvalue weighted by Gasteiger charge is -2.09. The third-order valence-corrected chi connectivity index (χ3v) is 4.47. The second-order valence-corrected chi connectivity index (χ2v) is 6.96. The van der Waals surface area contributed by atoms with E-state index < -0.39 is 9.84 Å². The van der Waals surface area contributed by atoms with E-state index in [0.717, 1.165) is 11.0 Å². The average Bonchev–Trinajstić information content (AvgIpc) is 2.16. The van der Waals surface area contributed by atoms with Crippen LogP contribution in [-0.2, 0) is 9.84 Å². The molecule has 0 spiro atoms. The molecule has 1 aromatic rings. The number of benzene rings is 1. The highest BCUT2D eigenvalue weighted by molar-refractivity contribution is 9.10.